The van der Waals surface area contributed by atoms with E-state index in [0.29, 0.717) is 0 Å². The molecule has 0 fully saturated rings. The summed E-state index contributed by atoms with van der Waals surface area (Å²) in [6.45, 7) is 15.2. The Labute approximate surface area is 122 Å². The van der Waals surface area contributed by atoms with Gasteiger partial charge in [-0.15, -0.1) is 11.3 Å². The molecule has 19 heavy (non-hydrogen) atoms. The van der Waals surface area contributed by atoms with Crippen molar-refractivity contribution in [1.82, 2.24) is 10.3 Å². The Bertz CT molecular complexity index is 391. The molecule has 0 bridgehead atoms. The Morgan fingerprint density at radius 3 is 2.47 bits per heavy atom. The molecule has 0 amide bonds. The monoisotopic (exact) mass is 283 g/mol. The normalized spacial score (nSPS) is 12.2. The van der Waals surface area contributed by atoms with Gasteiger partial charge in [0.25, 0.3) is 0 Å². The highest BCUT2D eigenvalue weighted by molar-refractivity contribution is 7.15. The third-order valence-corrected chi connectivity index (χ3v) is 4.30. The number of hydrogen-bond donors (Lipinski definition) is 1. The fourth-order valence-corrected chi connectivity index (χ4v) is 2.62. The molecule has 0 unspecified atom stereocenters. The lowest BCUT2D eigenvalue weighted by Gasteiger charge is -2.20. The largest absolute Gasteiger partial charge is 0.351 e. The van der Waals surface area contributed by atoms with Crippen molar-refractivity contribution in [2.75, 3.05) is 18.5 Å². The van der Waals surface area contributed by atoms with Gasteiger partial charge in [0.05, 0.1) is 5.69 Å². The molecule has 0 aliphatic rings. The molecule has 1 heterocycles. The number of rotatable bonds is 6. The second-order valence-corrected chi connectivity index (χ2v) is 7.77. The van der Waals surface area contributed by atoms with Crippen molar-refractivity contribution < 1.29 is 0 Å². The van der Waals surface area contributed by atoms with Crippen LogP contribution in [0.1, 0.15) is 51.6 Å². The van der Waals surface area contributed by atoms with E-state index in [2.05, 4.69) is 58.8 Å². The highest BCUT2D eigenvalue weighted by Gasteiger charge is 2.14. The molecule has 110 valence electrons. The van der Waals surface area contributed by atoms with Crippen molar-refractivity contribution in [1.29, 1.82) is 0 Å². The molecule has 1 N–H and O–H groups in total. The van der Waals surface area contributed by atoms with Gasteiger partial charge in [0.1, 0.15) is 0 Å². The molecule has 1 aromatic heterocycles. The van der Waals surface area contributed by atoms with Crippen molar-refractivity contribution in [2.24, 2.45) is 5.92 Å². The summed E-state index contributed by atoms with van der Waals surface area (Å²) < 4.78 is 0. The van der Waals surface area contributed by atoms with E-state index in [0.717, 1.165) is 29.8 Å². The zero-order chi connectivity index (χ0) is 14.6. The molecule has 0 saturated carbocycles. The van der Waals surface area contributed by atoms with Gasteiger partial charge in [-0.2, -0.15) is 0 Å². The molecule has 0 saturated heterocycles. The average molecular weight is 283 g/mol. The molecule has 0 aliphatic carbocycles. The fourth-order valence-electron chi connectivity index (χ4n) is 1.63. The lowest BCUT2D eigenvalue weighted by atomic mass is 10.1. The summed E-state index contributed by atoms with van der Waals surface area (Å²) in [6.07, 6.45) is 1.21. The summed E-state index contributed by atoms with van der Waals surface area (Å²) in [5, 5.41) is 4.68. The Hall–Kier alpha value is -0.610. The van der Waals surface area contributed by atoms with E-state index in [1.165, 1.54) is 11.3 Å². The predicted molar refractivity (Wildman–Crippen MR) is 86.2 cm³/mol. The van der Waals surface area contributed by atoms with E-state index in [9.17, 15) is 0 Å². The predicted octanol–water partition coefficient (Wildman–Crippen LogP) is 3.82. The smallest absolute Gasteiger partial charge is 0.185 e. The first-order valence-electron chi connectivity index (χ1n) is 7.11. The Kier molecular flexibility index (Phi) is 5.81. The quantitative estimate of drug-likeness (QED) is 0.860. The van der Waals surface area contributed by atoms with E-state index < -0.39 is 0 Å². The van der Waals surface area contributed by atoms with Gasteiger partial charge in [-0.3, -0.25) is 0 Å². The summed E-state index contributed by atoms with van der Waals surface area (Å²) >= 11 is 1.81. The third kappa shape index (κ3) is 5.91. The topological polar surface area (TPSA) is 28.2 Å². The zero-order valence-corrected chi connectivity index (χ0v) is 14.3. The van der Waals surface area contributed by atoms with E-state index in [1.54, 1.807) is 0 Å². The van der Waals surface area contributed by atoms with Crippen LogP contribution in [0, 0.1) is 12.8 Å². The van der Waals surface area contributed by atoms with Gasteiger partial charge in [-0.25, -0.2) is 4.98 Å². The third-order valence-electron chi connectivity index (χ3n) is 3.03. The fraction of sp³-hybridized carbons (Fsp3) is 0.800. The number of aromatic nitrogens is 1. The maximum absolute atomic E-state index is 4.69. The van der Waals surface area contributed by atoms with Crippen LogP contribution in [-0.4, -0.2) is 24.1 Å². The van der Waals surface area contributed by atoms with E-state index in [1.807, 2.05) is 11.3 Å². The molecule has 4 heteroatoms. The number of hydrogen-bond acceptors (Lipinski definition) is 4. The van der Waals surface area contributed by atoms with Crippen LogP contribution in [0.2, 0.25) is 0 Å². The van der Waals surface area contributed by atoms with Crippen LogP contribution in [0.3, 0.4) is 0 Å². The Morgan fingerprint density at radius 1 is 1.32 bits per heavy atom. The van der Waals surface area contributed by atoms with Crippen LogP contribution in [0.15, 0.2) is 0 Å². The number of aryl methyl sites for hydroxylation is 1. The SMILES string of the molecule is Cc1nc(N(C)CCC(C)C)sc1CNC(C)(C)C. The van der Waals surface area contributed by atoms with Gasteiger partial charge in [0.2, 0.25) is 0 Å². The summed E-state index contributed by atoms with van der Waals surface area (Å²) in [6, 6.07) is 0. The molecule has 0 aromatic carbocycles. The lowest BCUT2D eigenvalue weighted by Crippen LogP contribution is -2.34. The Balaban J connectivity index is 2.62. The number of thiazole rings is 1. The van der Waals surface area contributed by atoms with Crippen LogP contribution in [0.5, 0.6) is 0 Å². The highest BCUT2D eigenvalue weighted by Crippen LogP contribution is 2.26. The van der Waals surface area contributed by atoms with Gasteiger partial charge in [0.15, 0.2) is 5.13 Å². The van der Waals surface area contributed by atoms with Crippen molar-refractivity contribution in [3.8, 4) is 0 Å². The van der Waals surface area contributed by atoms with Crippen molar-refractivity contribution in [3.05, 3.63) is 10.6 Å². The molecule has 1 aromatic rings. The Morgan fingerprint density at radius 2 is 1.95 bits per heavy atom. The van der Waals surface area contributed by atoms with Crippen LogP contribution < -0.4 is 10.2 Å². The minimum atomic E-state index is 0.153. The molecular weight excluding hydrogens is 254 g/mol. The summed E-state index contributed by atoms with van der Waals surface area (Å²) in [7, 11) is 2.14. The van der Waals surface area contributed by atoms with Gasteiger partial charge in [-0.05, 0) is 40.0 Å². The maximum Gasteiger partial charge on any atom is 0.185 e. The maximum atomic E-state index is 4.69. The standard InChI is InChI=1S/C15H29N3S/c1-11(2)8-9-18(7)14-17-12(3)13(19-14)10-16-15(4,5)6/h11,16H,8-10H2,1-7H3. The van der Waals surface area contributed by atoms with Gasteiger partial charge >= 0.3 is 0 Å². The van der Waals surface area contributed by atoms with Crippen molar-refractivity contribution >= 4 is 16.5 Å². The van der Waals surface area contributed by atoms with Gasteiger partial charge in [0, 0.05) is 30.6 Å². The first-order chi connectivity index (χ1) is 8.69. The van der Waals surface area contributed by atoms with E-state index >= 15 is 0 Å². The average Bonchev–Trinajstić information content (AvgIpc) is 2.64. The van der Waals surface area contributed by atoms with E-state index in [-0.39, 0.29) is 5.54 Å². The summed E-state index contributed by atoms with van der Waals surface area (Å²) in [4.78, 5) is 8.32. The van der Waals surface area contributed by atoms with Crippen LogP contribution >= 0.6 is 11.3 Å². The summed E-state index contributed by atoms with van der Waals surface area (Å²) in [5.41, 5.74) is 1.31. The number of nitrogens with one attached hydrogen (secondary N) is 1. The first-order valence-corrected chi connectivity index (χ1v) is 7.93. The van der Waals surface area contributed by atoms with Gasteiger partial charge < -0.3 is 10.2 Å². The minimum absolute atomic E-state index is 0.153. The molecule has 3 nitrogen and oxygen atoms in total. The van der Waals surface area contributed by atoms with Crippen LogP contribution in [0.4, 0.5) is 5.13 Å². The van der Waals surface area contributed by atoms with Gasteiger partial charge in [-0.1, -0.05) is 13.8 Å². The molecule has 0 spiro atoms. The van der Waals surface area contributed by atoms with Crippen LogP contribution in [-0.2, 0) is 6.54 Å². The van der Waals surface area contributed by atoms with Crippen LogP contribution in [0.25, 0.3) is 0 Å². The molecule has 1 rings (SSSR count). The zero-order valence-electron chi connectivity index (χ0n) is 13.5. The van der Waals surface area contributed by atoms with E-state index in [4.69, 9.17) is 4.98 Å². The minimum Gasteiger partial charge on any atom is -0.351 e. The number of nitrogens with zero attached hydrogens (tertiary/aromatic N) is 2. The molecule has 0 aliphatic heterocycles. The second-order valence-electron chi connectivity index (χ2n) is 6.71. The molecule has 0 radical (unpaired) electrons. The molecular formula is C15H29N3S. The highest BCUT2D eigenvalue weighted by atomic mass is 32.1. The lowest BCUT2D eigenvalue weighted by molar-refractivity contribution is 0.425. The number of anilines is 1. The first kappa shape index (κ1) is 16.4. The second kappa shape index (κ2) is 6.71. The van der Waals surface area contributed by atoms with Crippen molar-refractivity contribution in [2.45, 2.75) is 60.0 Å². The summed E-state index contributed by atoms with van der Waals surface area (Å²) in [5.74, 6) is 0.741. The van der Waals surface area contributed by atoms with Crippen molar-refractivity contribution in [3.63, 3.8) is 0 Å². The molecule has 0 atom stereocenters.